The Hall–Kier alpha value is -3.83. The molecule has 0 fully saturated rings. The van der Waals surface area contributed by atoms with E-state index in [0.29, 0.717) is 22.3 Å². The third kappa shape index (κ3) is 6.19. The minimum Gasteiger partial charge on any atom is -0.227 e. The molecule has 0 amide bonds. The number of rotatable bonds is 8. The Morgan fingerprint density at radius 2 is 0.857 bits per heavy atom. The number of sulfone groups is 1. The van der Waals surface area contributed by atoms with Gasteiger partial charge in [-0.1, -0.05) is 109 Å². The van der Waals surface area contributed by atoms with E-state index in [1.54, 1.807) is 97.1 Å². The lowest BCUT2D eigenvalue weighted by molar-refractivity contribution is 0.584. The molecule has 4 aromatic carbocycles. The van der Waals surface area contributed by atoms with Gasteiger partial charge in [0.25, 0.3) is 0 Å². The lowest BCUT2D eigenvalue weighted by atomic mass is 10.1. The van der Waals surface area contributed by atoms with E-state index >= 15 is 0 Å². The average Bonchev–Trinajstić information content (AvgIpc) is 2.87. The summed E-state index contributed by atoms with van der Waals surface area (Å²) in [5.74, 6) is -0.714. The normalized spacial score (nSPS) is 13.8. The minimum absolute atomic E-state index is 0.357. The molecule has 0 bridgehead atoms. The lowest BCUT2D eigenvalue weighted by Crippen LogP contribution is -2.19. The molecule has 4 rings (SSSR count). The van der Waals surface area contributed by atoms with Gasteiger partial charge in [0.05, 0.1) is 0 Å². The highest BCUT2D eigenvalue weighted by molar-refractivity contribution is 7.92. The van der Waals surface area contributed by atoms with Crippen molar-refractivity contribution in [1.29, 1.82) is 0 Å². The fraction of sp³-hybridized carbons (Fsp3) is 0.0667. The molecule has 0 aliphatic rings. The van der Waals surface area contributed by atoms with Gasteiger partial charge in [-0.15, -0.1) is 0 Å². The van der Waals surface area contributed by atoms with Crippen LogP contribution < -0.4 is 0 Å². The number of halogens is 2. The van der Waals surface area contributed by atoms with Crippen molar-refractivity contribution < 1.29 is 17.2 Å². The molecule has 2 nitrogen and oxygen atoms in total. The summed E-state index contributed by atoms with van der Waals surface area (Å²) in [6.07, 6.45) is 6.67. The zero-order valence-corrected chi connectivity index (χ0v) is 19.7. The summed E-state index contributed by atoms with van der Waals surface area (Å²) in [5, 5.41) is -1.89. The molecule has 0 heterocycles. The Morgan fingerprint density at radius 1 is 0.514 bits per heavy atom. The van der Waals surface area contributed by atoms with Crippen LogP contribution in [-0.4, -0.2) is 8.42 Å². The summed E-state index contributed by atoms with van der Waals surface area (Å²) < 4.78 is 55.0. The summed E-state index contributed by atoms with van der Waals surface area (Å²) in [4.78, 5) is 0. The lowest BCUT2D eigenvalue weighted by Gasteiger charge is -2.21. The van der Waals surface area contributed by atoms with Crippen molar-refractivity contribution in [3.63, 3.8) is 0 Å². The molecule has 0 N–H and O–H groups in total. The molecule has 5 heteroatoms. The third-order valence-corrected chi connectivity index (χ3v) is 7.91. The van der Waals surface area contributed by atoms with Crippen LogP contribution in [0.5, 0.6) is 0 Å². The van der Waals surface area contributed by atoms with Crippen molar-refractivity contribution >= 4 is 22.0 Å². The topological polar surface area (TPSA) is 34.1 Å². The Balaban J connectivity index is 1.78. The predicted octanol–water partition coefficient (Wildman–Crippen LogP) is 7.59. The Morgan fingerprint density at radius 3 is 1.20 bits per heavy atom. The predicted molar refractivity (Wildman–Crippen MR) is 138 cm³/mol. The average molecular weight is 487 g/mol. The van der Waals surface area contributed by atoms with E-state index in [1.807, 2.05) is 12.1 Å². The van der Waals surface area contributed by atoms with E-state index < -0.39 is 20.3 Å². The van der Waals surface area contributed by atoms with Gasteiger partial charge in [-0.2, -0.15) is 0 Å². The van der Waals surface area contributed by atoms with Crippen LogP contribution in [-0.2, 0) is 9.84 Å². The molecule has 2 unspecified atom stereocenters. The SMILES string of the molecule is O=S(=O)(C(/C=C\c1ccc(F)cc1)c1ccccc1)C(/C=C\c1ccc(F)cc1)c1ccccc1. The van der Waals surface area contributed by atoms with Gasteiger partial charge >= 0.3 is 0 Å². The molecular weight excluding hydrogens is 462 g/mol. The first-order valence-electron chi connectivity index (χ1n) is 11.1. The van der Waals surface area contributed by atoms with Crippen LogP contribution in [0.4, 0.5) is 8.78 Å². The van der Waals surface area contributed by atoms with Crippen LogP contribution in [0.2, 0.25) is 0 Å². The van der Waals surface area contributed by atoms with E-state index in [2.05, 4.69) is 0 Å². The van der Waals surface area contributed by atoms with Crippen LogP contribution in [0.3, 0.4) is 0 Å². The molecule has 35 heavy (non-hydrogen) atoms. The summed E-state index contributed by atoms with van der Waals surface area (Å²) >= 11 is 0. The molecule has 0 saturated carbocycles. The molecule has 0 aliphatic heterocycles. The fourth-order valence-corrected chi connectivity index (χ4v) is 5.79. The second-order valence-electron chi connectivity index (χ2n) is 8.07. The van der Waals surface area contributed by atoms with Crippen molar-refractivity contribution in [2.24, 2.45) is 0 Å². The smallest absolute Gasteiger partial charge is 0.171 e. The summed E-state index contributed by atoms with van der Waals surface area (Å²) in [6.45, 7) is 0. The highest BCUT2D eigenvalue weighted by Crippen LogP contribution is 2.37. The second-order valence-corrected chi connectivity index (χ2v) is 10.3. The van der Waals surface area contributed by atoms with Crippen molar-refractivity contribution in [3.8, 4) is 0 Å². The number of benzene rings is 4. The zero-order chi connectivity index (χ0) is 24.7. The largest absolute Gasteiger partial charge is 0.227 e. The van der Waals surface area contributed by atoms with Crippen LogP contribution in [0.25, 0.3) is 12.2 Å². The number of hydrogen-bond donors (Lipinski definition) is 0. The zero-order valence-electron chi connectivity index (χ0n) is 18.8. The maximum atomic E-state index is 14.2. The van der Waals surface area contributed by atoms with Gasteiger partial charge in [0, 0.05) is 0 Å². The highest BCUT2D eigenvalue weighted by Gasteiger charge is 2.33. The quantitative estimate of drug-likeness (QED) is 0.257. The Bertz CT molecular complexity index is 1290. The van der Waals surface area contributed by atoms with Crippen molar-refractivity contribution in [2.45, 2.75) is 10.5 Å². The van der Waals surface area contributed by atoms with Gasteiger partial charge in [-0.25, -0.2) is 17.2 Å². The molecule has 0 spiro atoms. The van der Waals surface area contributed by atoms with Gasteiger partial charge in [0.15, 0.2) is 9.84 Å². The molecule has 176 valence electrons. The standard InChI is InChI=1S/C30H24F2O2S/c31-27-17-11-23(12-18-27)15-21-29(25-7-3-1-4-8-25)35(33,34)30(26-9-5-2-6-10-26)22-16-24-13-19-28(32)20-14-24/h1-22,29-30H/b21-15-,22-16-. The Kier molecular flexibility index (Phi) is 7.68. The Labute approximate surface area is 204 Å². The molecule has 0 saturated heterocycles. The molecular formula is C30H24F2O2S. The summed E-state index contributed by atoms with van der Waals surface area (Å²) in [5.41, 5.74) is 2.64. The first kappa shape index (κ1) is 24.3. The molecule has 4 aromatic rings. The van der Waals surface area contributed by atoms with E-state index in [-0.39, 0.29) is 11.6 Å². The molecule has 0 aliphatic carbocycles. The van der Waals surface area contributed by atoms with E-state index in [1.165, 1.54) is 24.3 Å². The van der Waals surface area contributed by atoms with Crippen molar-refractivity contribution in [1.82, 2.24) is 0 Å². The highest BCUT2D eigenvalue weighted by atomic mass is 32.2. The minimum atomic E-state index is -3.85. The van der Waals surface area contributed by atoms with Gasteiger partial charge in [0.2, 0.25) is 0 Å². The third-order valence-electron chi connectivity index (χ3n) is 5.63. The van der Waals surface area contributed by atoms with Gasteiger partial charge in [-0.05, 0) is 46.5 Å². The summed E-state index contributed by atoms with van der Waals surface area (Å²) in [7, 11) is -3.85. The van der Waals surface area contributed by atoms with Crippen LogP contribution >= 0.6 is 0 Å². The van der Waals surface area contributed by atoms with Crippen molar-refractivity contribution in [2.75, 3.05) is 0 Å². The van der Waals surface area contributed by atoms with Gasteiger partial charge in [0.1, 0.15) is 22.1 Å². The first-order chi connectivity index (χ1) is 16.9. The maximum absolute atomic E-state index is 14.2. The van der Waals surface area contributed by atoms with E-state index in [9.17, 15) is 17.2 Å². The molecule has 0 aromatic heterocycles. The fourth-order valence-electron chi connectivity index (χ4n) is 3.81. The van der Waals surface area contributed by atoms with Crippen molar-refractivity contribution in [3.05, 3.63) is 155 Å². The van der Waals surface area contributed by atoms with Gasteiger partial charge in [-0.3, -0.25) is 0 Å². The number of hydrogen-bond acceptors (Lipinski definition) is 2. The second kappa shape index (κ2) is 11.1. The van der Waals surface area contributed by atoms with E-state index in [0.717, 1.165) is 0 Å². The van der Waals surface area contributed by atoms with E-state index in [4.69, 9.17) is 0 Å². The summed E-state index contributed by atoms with van der Waals surface area (Å²) in [6, 6.07) is 29.7. The van der Waals surface area contributed by atoms with Crippen LogP contribution in [0, 0.1) is 11.6 Å². The maximum Gasteiger partial charge on any atom is 0.171 e. The monoisotopic (exact) mass is 486 g/mol. The first-order valence-corrected chi connectivity index (χ1v) is 12.7. The van der Waals surface area contributed by atoms with Crippen LogP contribution in [0.1, 0.15) is 32.8 Å². The molecule has 2 atom stereocenters. The van der Waals surface area contributed by atoms with Gasteiger partial charge < -0.3 is 0 Å². The van der Waals surface area contributed by atoms with Crippen LogP contribution in [0.15, 0.2) is 121 Å². The molecule has 0 radical (unpaired) electrons.